The highest BCUT2D eigenvalue weighted by molar-refractivity contribution is 5.85. The van der Waals surface area contributed by atoms with E-state index in [9.17, 15) is 0 Å². The minimum absolute atomic E-state index is 0. The maximum Gasteiger partial charge on any atom is 0.233 e. The predicted molar refractivity (Wildman–Crippen MR) is 127 cm³/mol. The fourth-order valence-electron chi connectivity index (χ4n) is 3.66. The normalized spacial score (nSPS) is 13.1. The lowest BCUT2D eigenvalue weighted by atomic mass is 10.1. The van der Waals surface area contributed by atoms with Crippen molar-refractivity contribution in [2.75, 3.05) is 28.6 Å². The van der Waals surface area contributed by atoms with Crippen LogP contribution in [0.25, 0.3) is 0 Å². The molecule has 0 aliphatic carbocycles. The number of benzene rings is 2. The van der Waals surface area contributed by atoms with Crippen LogP contribution >= 0.6 is 12.4 Å². The van der Waals surface area contributed by atoms with Gasteiger partial charge in [0, 0.05) is 24.5 Å². The third-order valence-electron chi connectivity index (χ3n) is 5.11. The molecule has 0 atom stereocenters. The lowest BCUT2D eigenvalue weighted by Crippen LogP contribution is -2.21. The smallest absolute Gasteiger partial charge is 0.233 e. The maximum atomic E-state index is 4.69. The van der Waals surface area contributed by atoms with E-state index in [0.717, 1.165) is 36.8 Å². The highest BCUT2D eigenvalue weighted by Crippen LogP contribution is 2.23. The summed E-state index contributed by atoms with van der Waals surface area (Å²) in [5.41, 5.74) is 5.67. The first-order valence-corrected chi connectivity index (χ1v) is 10.3. The van der Waals surface area contributed by atoms with Crippen LogP contribution < -0.4 is 15.5 Å². The number of rotatable bonds is 6. The summed E-state index contributed by atoms with van der Waals surface area (Å²) in [6, 6.07) is 14.7. The van der Waals surface area contributed by atoms with E-state index >= 15 is 0 Å². The van der Waals surface area contributed by atoms with Crippen molar-refractivity contribution in [1.29, 1.82) is 0 Å². The molecule has 4 rings (SSSR count). The fourth-order valence-corrected chi connectivity index (χ4v) is 3.66. The first-order chi connectivity index (χ1) is 14.1. The molecule has 1 aliphatic rings. The molecule has 30 heavy (non-hydrogen) atoms. The summed E-state index contributed by atoms with van der Waals surface area (Å²) >= 11 is 0. The van der Waals surface area contributed by atoms with E-state index in [-0.39, 0.29) is 12.4 Å². The summed E-state index contributed by atoms with van der Waals surface area (Å²) in [6.45, 7) is 8.30. The largest absolute Gasteiger partial charge is 0.341 e. The minimum Gasteiger partial charge on any atom is -0.341 e. The Labute approximate surface area is 184 Å². The lowest BCUT2D eigenvalue weighted by molar-refractivity contribution is 0.886. The summed E-state index contributed by atoms with van der Waals surface area (Å²) in [7, 11) is 0. The Morgan fingerprint density at radius 2 is 1.37 bits per heavy atom. The van der Waals surface area contributed by atoms with Crippen molar-refractivity contribution in [2.24, 2.45) is 0 Å². The zero-order valence-electron chi connectivity index (χ0n) is 17.8. The molecule has 6 nitrogen and oxygen atoms in total. The fraction of sp³-hybridized carbons (Fsp3) is 0.348. The number of anilines is 5. The number of nitrogens with zero attached hydrogens (tertiary/aromatic N) is 4. The summed E-state index contributed by atoms with van der Waals surface area (Å²) in [6.07, 6.45) is 3.37. The van der Waals surface area contributed by atoms with Crippen molar-refractivity contribution in [3.05, 3.63) is 59.2 Å². The zero-order valence-corrected chi connectivity index (χ0v) is 18.6. The topological polar surface area (TPSA) is 66.0 Å². The highest BCUT2D eigenvalue weighted by atomic mass is 35.5. The molecular formula is C23H29ClN6. The first kappa shape index (κ1) is 21.8. The van der Waals surface area contributed by atoms with Crippen LogP contribution in [0.2, 0.25) is 0 Å². The minimum atomic E-state index is 0. The molecule has 0 saturated carbocycles. The second-order valence-electron chi connectivity index (χ2n) is 7.65. The van der Waals surface area contributed by atoms with E-state index in [1.165, 1.54) is 29.5 Å². The van der Waals surface area contributed by atoms with Crippen molar-refractivity contribution >= 4 is 41.6 Å². The molecule has 2 heterocycles. The van der Waals surface area contributed by atoms with Crippen LogP contribution in [-0.4, -0.2) is 28.0 Å². The van der Waals surface area contributed by atoms with Crippen LogP contribution in [-0.2, 0) is 6.42 Å². The molecule has 0 radical (unpaired) electrons. The second-order valence-corrected chi connectivity index (χ2v) is 7.65. The van der Waals surface area contributed by atoms with Gasteiger partial charge in [-0.05, 0) is 74.1 Å². The molecule has 2 N–H and O–H groups in total. The van der Waals surface area contributed by atoms with Gasteiger partial charge in [0.2, 0.25) is 17.8 Å². The standard InChI is InChI=1S/C23H28N6.ClH/c1-4-18-7-9-19(10-8-18)24-21-26-22(25-20-14-16(2)13-17(3)15-20)28-23(27-21)29-11-5-6-12-29;/h7-10,13-15H,4-6,11-12H2,1-3H3,(H2,24,25,26,27,28);1H. The molecule has 2 aromatic carbocycles. The summed E-state index contributed by atoms with van der Waals surface area (Å²) in [5.74, 6) is 1.83. The third kappa shape index (κ3) is 5.39. The van der Waals surface area contributed by atoms with Crippen LogP contribution in [0.15, 0.2) is 42.5 Å². The van der Waals surface area contributed by atoms with Gasteiger partial charge in [0.15, 0.2) is 0 Å². The van der Waals surface area contributed by atoms with E-state index in [0.29, 0.717) is 11.9 Å². The number of hydrogen-bond acceptors (Lipinski definition) is 6. The number of aryl methyl sites for hydroxylation is 3. The monoisotopic (exact) mass is 424 g/mol. The highest BCUT2D eigenvalue weighted by Gasteiger charge is 2.18. The molecule has 0 amide bonds. The van der Waals surface area contributed by atoms with Gasteiger partial charge < -0.3 is 15.5 Å². The molecule has 1 aromatic heterocycles. The molecule has 0 spiro atoms. The summed E-state index contributed by atoms with van der Waals surface area (Å²) in [4.78, 5) is 16.2. The van der Waals surface area contributed by atoms with Crippen molar-refractivity contribution in [2.45, 2.75) is 40.0 Å². The van der Waals surface area contributed by atoms with Crippen LogP contribution in [0.5, 0.6) is 0 Å². The lowest BCUT2D eigenvalue weighted by Gasteiger charge is -2.17. The second kappa shape index (κ2) is 9.76. The number of hydrogen-bond donors (Lipinski definition) is 2. The van der Waals surface area contributed by atoms with Gasteiger partial charge in [-0.3, -0.25) is 0 Å². The molecule has 1 saturated heterocycles. The van der Waals surface area contributed by atoms with E-state index in [2.05, 4.69) is 88.7 Å². The first-order valence-electron chi connectivity index (χ1n) is 10.3. The van der Waals surface area contributed by atoms with Crippen molar-refractivity contribution in [3.8, 4) is 0 Å². The molecule has 158 valence electrons. The van der Waals surface area contributed by atoms with E-state index in [1.807, 2.05) is 0 Å². The van der Waals surface area contributed by atoms with Crippen molar-refractivity contribution in [1.82, 2.24) is 15.0 Å². The van der Waals surface area contributed by atoms with Crippen LogP contribution in [0, 0.1) is 13.8 Å². The molecule has 1 aliphatic heterocycles. The molecule has 0 bridgehead atoms. The van der Waals surface area contributed by atoms with E-state index < -0.39 is 0 Å². The maximum absolute atomic E-state index is 4.69. The van der Waals surface area contributed by atoms with Gasteiger partial charge in [0.05, 0.1) is 0 Å². The molecule has 0 unspecified atom stereocenters. The Morgan fingerprint density at radius 1 is 0.800 bits per heavy atom. The quantitative estimate of drug-likeness (QED) is 0.540. The van der Waals surface area contributed by atoms with Gasteiger partial charge in [0.25, 0.3) is 0 Å². The number of nitrogens with one attached hydrogen (secondary N) is 2. The Kier molecular flexibility index (Phi) is 7.11. The Balaban J connectivity index is 0.00000256. The van der Waals surface area contributed by atoms with E-state index in [4.69, 9.17) is 4.98 Å². The van der Waals surface area contributed by atoms with Gasteiger partial charge in [-0.15, -0.1) is 12.4 Å². The van der Waals surface area contributed by atoms with Crippen LogP contribution in [0.3, 0.4) is 0 Å². The average molecular weight is 425 g/mol. The number of aromatic nitrogens is 3. The van der Waals surface area contributed by atoms with Crippen molar-refractivity contribution < 1.29 is 0 Å². The van der Waals surface area contributed by atoms with Gasteiger partial charge in [-0.1, -0.05) is 25.1 Å². The Hall–Kier alpha value is -2.86. The Bertz CT molecular complexity index is 963. The van der Waals surface area contributed by atoms with E-state index in [1.54, 1.807) is 0 Å². The Morgan fingerprint density at radius 3 is 1.93 bits per heavy atom. The molecular weight excluding hydrogens is 396 g/mol. The third-order valence-corrected chi connectivity index (χ3v) is 5.11. The summed E-state index contributed by atoms with van der Waals surface area (Å²) in [5, 5.41) is 6.70. The SMILES string of the molecule is CCc1ccc(Nc2nc(Nc3cc(C)cc(C)c3)nc(N3CCCC3)n2)cc1.Cl. The van der Waals surface area contributed by atoms with Crippen molar-refractivity contribution in [3.63, 3.8) is 0 Å². The molecule has 7 heteroatoms. The average Bonchev–Trinajstić information content (AvgIpc) is 3.22. The van der Waals surface area contributed by atoms with Gasteiger partial charge in [-0.2, -0.15) is 15.0 Å². The predicted octanol–water partition coefficient (Wildman–Crippen LogP) is 5.56. The van der Waals surface area contributed by atoms with Gasteiger partial charge in [0.1, 0.15) is 0 Å². The molecule has 1 fully saturated rings. The van der Waals surface area contributed by atoms with Crippen LogP contribution in [0.4, 0.5) is 29.2 Å². The molecule has 3 aromatic rings. The van der Waals surface area contributed by atoms with Gasteiger partial charge in [-0.25, -0.2) is 0 Å². The number of halogens is 1. The van der Waals surface area contributed by atoms with Crippen LogP contribution in [0.1, 0.15) is 36.5 Å². The summed E-state index contributed by atoms with van der Waals surface area (Å²) < 4.78 is 0. The zero-order chi connectivity index (χ0) is 20.2. The van der Waals surface area contributed by atoms with Gasteiger partial charge >= 0.3 is 0 Å².